The van der Waals surface area contributed by atoms with Gasteiger partial charge in [-0.1, -0.05) is 95.3 Å². The van der Waals surface area contributed by atoms with Gasteiger partial charge in [-0.15, -0.1) is 5.06 Å². The molecule has 1 unspecified atom stereocenters. The molecule has 214 valence electrons. The third kappa shape index (κ3) is 7.45. The summed E-state index contributed by atoms with van der Waals surface area (Å²) in [6.07, 6.45) is 0. The van der Waals surface area contributed by atoms with Gasteiger partial charge in [0.1, 0.15) is 30.8 Å². The molecular formula is C34H44N2O4. The lowest BCUT2D eigenvalue weighted by atomic mass is 9.84. The average molecular weight is 545 g/mol. The molecule has 0 spiro atoms. The Bertz CT molecular complexity index is 1280. The summed E-state index contributed by atoms with van der Waals surface area (Å²) in [6.45, 7) is 15.7. The summed E-state index contributed by atoms with van der Waals surface area (Å²) in [7, 11) is 1.78. The van der Waals surface area contributed by atoms with Gasteiger partial charge in [0.25, 0.3) is 0 Å². The van der Waals surface area contributed by atoms with E-state index in [1.807, 2.05) is 82.3 Å². The number of ether oxygens (including phenoxy) is 2. The van der Waals surface area contributed by atoms with Crippen LogP contribution in [0.1, 0.15) is 70.7 Å². The first-order valence-electron chi connectivity index (χ1n) is 14.1. The molecule has 6 heteroatoms. The van der Waals surface area contributed by atoms with Crippen molar-refractivity contribution < 1.29 is 19.1 Å². The molecule has 1 heterocycles. The van der Waals surface area contributed by atoms with Crippen LogP contribution in [0.4, 0.5) is 0 Å². The predicted molar refractivity (Wildman–Crippen MR) is 162 cm³/mol. The van der Waals surface area contributed by atoms with Crippen molar-refractivity contribution in [3.05, 3.63) is 101 Å². The van der Waals surface area contributed by atoms with Crippen molar-refractivity contribution >= 4 is 11.7 Å². The van der Waals surface area contributed by atoms with Crippen LogP contribution in [0.3, 0.4) is 0 Å². The van der Waals surface area contributed by atoms with E-state index < -0.39 is 6.04 Å². The Hall–Kier alpha value is -3.77. The van der Waals surface area contributed by atoms with E-state index in [1.54, 1.807) is 12.1 Å². The van der Waals surface area contributed by atoms with Crippen molar-refractivity contribution in [2.24, 2.45) is 0 Å². The average Bonchev–Trinajstić information content (AvgIpc) is 3.25. The third-order valence-corrected chi connectivity index (χ3v) is 6.58. The molecule has 1 amide bonds. The Morgan fingerprint density at radius 2 is 1.43 bits per heavy atom. The van der Waals surface area contributed by atoms with E-state index in [2.05, 4.69) is 44.3 Å². The highest BCUT2D eigenvalue weighted by Gasteiger charge is 2.37. The molecule has 1 N–H and O–H groups in total. The minimum absolute atomic E-state index is 0.0897. The van der Waals surface area contributed by atoms with Gasteiger partial charge in [0.15, 0.2) is 5.76 Å². The summed E-state index contributed by atoms with van der Waals surface area (Å²) in [6, 6.07) is 23.7. The van der Waals surface area contributed by atoms with Crippen LogP contribution in [0.15, 0.2) is 78.4 Å². The van der Waals surface area contributed by atoms with Crippen LogP contribution in [0.2, 0.25) is 0 Å². The Balaban J connectivity index is 0.00000216. The fraction of sp³-hybridized carbons (Fsp3) is 0.382. The summed E-state index contributed by atoms with van der Waals surface area (Å²) < 4.78 is 12.8. The largest absolute Gasteiger partial charge is 0.488 e. The van der Waals surface area contributed by atoms with Gasteiger partial charge in [-0.05, 0) is 36.5 Å². The van der Waals surface area contributed by atoms with Crippen LogP contribution >= 0.6 is 0 Å². The van der Waals surface area contributed by atoms with Gasteiger partial charge in [-0.3, -0.25) is 4.79 Å². The van der Waals surface area contributed by atoms with E-state index in [1.165, 1.54) is 0 Å². The number of hydroxylamine groups is 2. The highest BCUT2D eigenvalue weighted by Crippen LogP contribution is 2.43. The first kappa shape index (κ1) is 30.8. The molecule has 0 radical (unpaired) electrons. The Kier molecular flexibility index (Phi) is 10.8. The number of hydrogen-bond acceptors (Lipinski definition) is 5. The first-order chi connectivity index (χ1) is 19.2. The number of nitrogens with zero attached hydrogens (tertiary/aromatic N) is 1. The SMILES string of the molecule is CC.CCNC(=O)C1C(C)=C(c2cc(C(C)(C)C)c(OCc3ccccc3)cc2OCc2ccccc2)ON1C. The van der Waals surface area contributed by atoms with Crippen molar-refractivity contribution in [2.45, 2.75) is 73.1 Å². The van der Waals surface area contributed by atoms with Crippen molar-refractivity contribution in [2.75, 3.05) is 13.6 Å². The maximum atomic E-state index is 12.8. The van der Waals surface area contributed by atoms with Crippen LogP contribution in [-0.4, -0.2) is 30.6 Å². The summed E-state index contributed by atoms with van der Waals surface area (Å²) >= 11 is 0. The van der Waals surface area contributed by atoms with Crippen LogP contribution in [0.25, 0.3) is 5.76 Å². The van der Waals surface area contributed by atoms with E-state index in [-0.39, 0.29) is 11.3 Å². The Labute approximate surface area is 239 Å². The standard InChI is InChI=1S/C32H38N2O4.C2H6/c1-7-33-31(35)29-22(2)30(38-34(29)6)25-18-26(32(3,4)5)28(37-21-24-16-12-9-13-17-24)19-27(25)36-20-23-14-10-8-11-15-23;1-2/h8-19,29H,7,20-21H2,1-6H3,(H,33,35);1-2H3. The van der Waals surface area contributed by atoms with E-state index in [4.69, 9.17) is 14.3 Å². The summed E-state index contributed by atoms with van der Waals surface area (Å²) in [4.78, 5) is 19.0. The molecule has 0 saturated heterocycles. The maximum absolute atomic E-state index is 12.8. The molecule has 4 rings (SSSR count). The van der Waals surface area contributed by atoms with Gasteiger partial charge >= 0.3 is 0 Å². The summed E-state index contributed by atoms with van der Waals surface area (Å²) in [5.41, 5.74) is 4.60. The van der Waals surface area contributed by atoms with Gasteiger partial charge in [0.05, 0.1) is 5.56 Å². The topological polar surface area (TPSA) is 60.0 Å². The monoisotopic (exact) mass is 544 g/mol. The highest BCUT2D eigenvalue weighted by molar-refractivity contribution is 5.89. The second-order valence-electron chi connectivity index (χ2n) is 10.6. The molecule has 1 aliphatic rings. The second-order valence-corrected chi connectivity index (χ2v) is 10.6. The van der Waals surface area contributed by atoms with E-state index in [0.29, 0.717) is 31.3 Å². The van der Waals surface area contributed by atoms with E-state index in [9.17, 15) is 4.79 Å². The normalized spacial score (nSPS) is 15.2. The molecule has 0 aromatic heterocycles. The number of likely N-dealkylation sites (N-methyl/N-ethyl adjacent to an activating group) is 2. The van der Waals surface area contributed by atoms with Gasteiger partial charge in [0, 0.05) is 30.8 Å². The van der Waals surface area contributed by atoms with Gasteiger partial charge < -0.3 is 19.6 Å². The molecule has 3 aromatic rings. The molecule has 1 aliphatic heterocycles. The first-order valence-corrected chi connectivity index (χ1v) is 14.1. The number of carbonyl (C=O) groups excluding carboxylic acids is 1. The predicted octanol–water partition coefficient (Wildman–Crippen LogP) is 7.28. The lowest BCUT2D eigenvalue weighted by Gasteiger charge is -2.26. The van der Waals surface area contributed by atoms with Gasteiger partial charge in [-0.2, -0.15) is 0 Å². The van der Waals surface area contributed by atoms with Gasteiger partial charge in [0.2, 0.25) is 5.91 Å². The fourth-order valence-electron chi connectivity index (χ4n) is 4.59. The van der Waals surface area contributed by atoms with E-state index >= 15 is 0 Å². The van der Waals surface area contributed by atoms with Crippen LogP contribution < -0.4 is 14.8 Å². The number of rotatable bonds is 9. The minimum atomic E-state index is -0.515. The molecule has 0 aliphatic carbocycles. The zero-order chi connectivity index (χ0) is 29.3. The zero-order valence-electron chi connectivity index (χ0n) is 25.2. The molecule has 3 aromatic carbocycles. The summed E-state index contributed by atoms with van der Waals surface area (Å²) in [5.74, 6) is 1.95. The fourth-order valence-corrected chi connectivity index (χ4v) is 4.59. The number of nitrogens with one attached hydrogen (secondary N) is 1. The summed E-state index contributed by atoms with van der Waals surface area (Å²) in [5, 5.41) is 4.52. The lowest BCUT2D eigenvalue weighted by Crippen LogP contribution is -2.42. The third-order valence-electron chi connectivity index (χ3n) is 6.58. The van der Waals surface area contributed by atoms with Crippen molar-refractivity contribution in [1.82, 2.24) is 10.4 Å². The van der Waals surface area contributed by atoms with Gasteiger partial charge in [-0.25, -0.2) is 0 Å². The highest BCUT2D eigenvalue weighted by atomic mass is 16.7. The molecular weight excluding hydrogens is 500 g/mol. The lowest BCUT2D eigenvalue weighted by molar-refractivity contribution is -0.136. The van der Waals surface area contributed by atoms with Crippen molar-refractivity contribution in [3.63, 3.8) is 0 Å². The number of amides is 1. The molecule has 40 heavy (non-hydrogen) atoms. The molecule has 6 nitrogen and oxygen atoms in total. The zero-order valence-corrected chi connectivity index (χ0v) is 25.2. The van der Waals surface area contributed by atoms with Crippen LogP contribution in [-0.2, 0) is 28.3 Å². The van der Waals surface area contributed by atoms with Crippen LogP contribution in [0, 0.1) is 0 Å². The van der Waals surface area contributed by atoms with Crippen molar-refractivity contribution in [3.8, 4) is 11.5 Å². The smallest absolute Gasteiger partial charge is 0.245 e. The number of benzene rings is 3. The van der Waals surface area contributed by atoms with Crippen LogP contribution in [0.5, 0.6) is 11.5 Å². The Morgan fingerprint density at radius 1 is 0.900 bits per heavy atom. The molecule has 0 bridgehead atoms. The van der Waals surface area contributed by atoms with E-state index in [0.717, 1.165) is 33.6 Å². The minimum Gasteiger partial charge on any atom is -0.488 e. The molecule has 0 fully saturated rings. The number of carbonyl (C=O) groups is 1. The number of hydrogen-bond donors (Lipinski definition) is 1. The molecule has 1 atom stereocenters. The quantitative estimate of drug-likeness (QED) is 0.307. The molecule has 0 saturated carbocycles. The second kappa shape index (κ2) is 14.0. The maximum Gasteiger partial charge on any atom is 0.245 e. The Morgan fingerprint density at radius 3 is 1.93 bits per heavy atom. The van der Waals surface area contributed by atoms with Crippen molar-refractivity contribution in [1.29, 1.82) is 0 Å².